The van der Waals surface area contributed by atoms with E-state index in [0.717, 1.165) is 23.6 Å². The summed E-state index contributed by atoms with van der Waals surface area (Å²) in [6.45, 7) is 4.51. The average molecular weight is 527 g/mol. The molecule has 3 nitrogen and oxygen atoms in total. The molecule has 2 aromatic rings. The summed E-state index contributed by atoms with van der Waals surface area (Å²) in [5.74, 6) is 0. The summed E-state index contributed by atoms with van der Waals surface area (Å²) >= 11 is 0. The van der Waals surface area contributed by atoms with Crippen molar-refractivity contribution < 1.29 is 64.4 Å². The zero-order valence-corrected chi connectivity index (χ0v) is 26.7. The molecule has 35 heavy (non-hydrogen) atoms. The van der Waals surface area contributed by atoms with E-state index in [1.807, 2.05) is 12.1 Å². The van der Waals surface area contributed by atoms with Gasteiger partial charge in [0.2, 0.25) is 0 Å². The molecule has 0 saturated carbocycles. The molecule has 0 radical (unpaired) electrons. The van der Waals surface area contributed by atoms with Gasteiger partial charge in [-0.3, -0.25) is 0 Å². The molecule has 0 unspecified atom stereocenters. The van der Waals surface area contributed by atoms with E-state index in [-0.39, 0.29) is 56.3 Å². The van der Waals surface area contributed by atoms with Crippen molar-refractivity contribution in [1.82, 2.24) is 0 Å². The first-order chi connectivity index (χ1) is 16.5. The van der Waals surface area contributed by atoms with Gasteiger partial charge in [-0.2, -0.15) is 0 Å². The number of benzene rings is 2. The van der Waals surface area contributed by atoms with Crippen LogP contribution in [0, 0.1) is 0 Å². The largest absolute Gasteiger partial charge is 1.00 e. The Kier molecular flexibility index (Phi) is 18.4. The molecule has 0 aliphatic rings. The third kappa shape index (κ3) is 13.0. The van der Waals surface area contributed by atoms with E-state index in [4.69, 9.17) is 0 Å². The number of hydrogen-bond donors (Lipinski definition) is 0. The number of hydrogen-bond acceptors (Lipinski definition) is 3. The number of fused-ring (bicyclic) bond motifs is 1. The normalized spacial score (nSPS) is 11.6. The van der Waals surface area contributed by atoms with Crippen molar-refractivity contribution in [1.29, 1.82) is 0 Å². The summed E-state index contributed by atoms with van der Waals surface area (Å²) in [4.78, 5) is -0.131. The number of aryl methyl sites for hydroxylation is 2. The van der Waals surface area contributed by atoms with E-state index in [9.17, 15) is 13.0 Å². The minimum Gasteiger partial charge on any atom is -0.744 e. The van der Waals surface area contributed by atoms with E-state index in [2.05, 4.69) is 19.9 Å². The molecule has 0 amide bonds. The molecule has 2 aromatic carbocycles. The predicted molar refractivity (Wildman–Crippen MR) is 145 cm³/mol. The van der Waals surface area contributed by atoms with Crippen LogP contribution in [0.15, 0.2) is 35.2 Å². The molecule has 0 aromatic heterocycles. The standard InChI is InChI=1S/C30H48O3S.K/c1-3-5-7-9-11-13-15-17-19-26-21-22-27-25-28(34(31,32)33)23-24-30(27)29(26)20-18-16-14-12-10-8-6-4-2;/h21-25H,3-20H2,1-2H3,(H,31,32,33);/q;+1/p-1. The van der Waals surface area contributed by atoms with Crippen molar-refractivity contribution in [3.8, 4) is 0 Å². The third-order valence-corrected chi connectivity index (χ3v) is 7.90. The zero-order chi connectivity index (χ0) is 24.7. The maximum absolute atomic E-state index is 11.5. The van der Waals surface area contributed by atoms with Crippen LogP contribution in [-0.2, 0) is 23.0 Å². The van der Waals surface area contributed by atoms with Crippen molar-refractivity contribution in [2.75, 3.05) is 0 Å². The maximum Gasteiger partial charge on any atom is 1.00 e. The van der Waals surface area contributed by atoms with Gasteiger partial charge in [0.15, 0.2) is 0 Å². The molecule has 0 fully saturated rings. The Balaban J connectivity index is 0.00000612. The Morgan fingerprint density at radius 3 is 1.63 bits per heavy atom. The topological polar surface area (TPSA) is 57.2 Å². The molecular weight excluding hydrogens is 479 g/mol. The second kappa shape index (κ2) is 19.3. The van der Waals surface area contributed by atoms with Crippen LogP contribution < -0.4 is 51.4 Å². The van der Waals surface area contributed by atoms with E-state index in [1.54, 1.807) is 6.07 Å². The first-order valence-electron chi connectivity index (χ1n) is 14.0. The number of unbranched alkanes of at least 4 members (excludes halogenated alkanes) is 14. The molecule has 2 rings (SSSR count). The summed E-state index contributed by atoms with van der Waals surface area (Å²) in [6.07, 6.45) is 23.0. The van der Waals surface area contributed by atoms with Crippen LogP contribution in [0.2, 0.25) is 0 Å². The quantitative estimate of drug-likeness (QED) is 0.126. The second-order valence-corrected chi connectivity index (χ2v) is 11.4. The van der Waals surface area contributed by atoms with Gasteiger partial charge in [0.25, 0.3) is 0 Å². The molecule has 0 atom stereocenters. The monoisotopic (exact) mass is 526 g/mol. The van der Waals surface area contributed by atoms with E-state index in [1.165, 1.54) is 120 Å². The van der Waals surface area contributed by atoms with Crippen LogP contribution in [0.25, 0.3) is 10.8 Å². The first kappa shape index (κ1) is 33.3. The van der Waals surface area contributed by atoms with E-state index in [0.29, 0.717) is 0 Å². The molecular formula is C30H47KO3S. The Bertz CT molecular complexity index is 940. The van der Waals surface area contributed by atoms with Crippen LogP contribution in [-0.4, -0.2) is 13.0 Å². The summed E-state index contributed by atoms with van der Waals surface area (Å²) in [5.41, 5.74) is 2.76. The minimum absolute atomic E-state index is 0. The molecule has 5 heteroatoms. The minimum atomic E-state index is -4.43. The van der Waals surface area contributed by atoms with Gasteiger partial charge in [0.05, 0.1) is 4.90 Å². The van der Waals surface area contributed by atoms with Gasteiger partial charge < -0.3 is 4.55 Å². The molecule has 0 bridgehead atoms. The Morgan fingerprint density at radius 1 is 0.629 bits per heavy atom. The van der Waals surface area contributed by atoms with Crippen molar-refractivity contribution in [2.24, 2.45) is 0 Å². The van der Waals surface area contributed by atoms with Gasteiger partial charge in [-0.25, -0.2) is 8.42 Å². The van der Waals surface area contributed by atoms with Gasteiger partial charge in [-0.05, 0) is 59.7 Å². The van der Waals surface area contributed by atoms with Crippen LogP contribution in [0.4, 0.5) is 0 Å². The van der Waals surface area contributed by atoms with Crippen LogP contribution in [0.3, 0.4) is 0 Å². The van der Waals surface area contributed by atoms with Crippen molar-refractivity contribution in [3.63, 3.8) is 0 Å². The van der Waals surface area contributed by atoms with E-state index >= 15 is 0 Å². The summed E-state index contributed by atoms with van der Waals surface area (Å²) in [6, 6.07) is 9.07. The molecule has 0 aliphatic carbocycles. The molecule has 192 valence electrons. The van der Waals surface area contributed by atoms with Gasteiger partial charge in [0.1, 0.15) is 10.1 Å². The fraction of sp³-hybridized carbons (Fsp3) is 0.667. The third-order valence-electron chi connectivity index (χ3n) is 7.07. The molecule has 0 spiro atoms. The predicted octanol–water partition coefficient (Wildman–Crippen LogP) is 6.11. The van der Waals surface area contributed by atoms with Crippen LogP contribution in [0.1, 0.15) is 128 Å². The van der Waals surface area contributed by atoms with Gasteiger partial charge >= 0.3 is 51.4 Å². The summed E-state index contributed by atoms with van der Waals surface area (Å²) < 4.78 is 34.5. The Labute approximate surface area is 258 Å². The van der Waals surface area contributed by atoms with Crippen LogP contribution in [0.5, 0.6) is 0 Å². The Morgan fingerprint density at radius 2 is 1.11 bits per heavy atom. The molecule has 0 heterocycles. The van der Waals surface area contributed by atoms with Gasteiger partial charge in [-0.15, -0.1) is 0 Å². The average Bonchev–Trinajstić information content (AvgIpc) is 2.82. The summed E-state index contributed by atoms with van der Waals surface area (Å²) in [5, 5.41) is 1.98. The fourth-order valence-corrected chi connectivity index (χ4v) is 5.49. The van der Waals surface area contributed by atoms with Gasteiger partial charge in [0, 0.05) is 0 Å². The SMILES string of the molecule is CCCCCCCCCCc1ccc2cc(S(=O)(=O)[O-])ccc2c1CCCCCCCCCC.[K+]. The summed E-state index contributed by atoms with van der Waals surface area (Å²) in [7, 11) is -4.43. The zero-order valence-electron chi connectivity index (χ0n) is 22.7. The van der Waals surface area contributed by atoms with Gasteiger partial charge in [-0.1, -0.05) is 122 Å². The fourth-order valence-electron chi connectivity index (χ4n) is 4.99. The first-order valence-corrected chi connectivity index (χ1v) is 15.4. The molecule has 0 N–H and O–H groups in total. The van der Waals surface area contributed by atoms with Crippen molar-refractivity contribution >= 4 is 20.9 Å². The van der Waals surface area contributed by atoms with Crippen molar-refractivity contribution in [3.05, 3.63) is 41.5 Å². The smallest absolute Gasteiger partial charge is 0.744 e. The molecule has 0 aliphatic heterocycles. The Hall–Kier alpha value is 0.246. The maximum atomic E-state index is 11.5. The second-order valence-electron chi connectivity index (χ2n) is 9.99. The van der Waals surface area contributed by atoms with E-state index < -0.39 is 10.1 Å². The molecule has 0 saturated heterocycles. The number of rotatable bonds is 19. The van der Waals surface area contributed by atoms with Crippen LogP contribution >= 0.6 is 0 Å². The van der Waals surface area contributed by atoms with Crippen molar-refractivity contribution in [2.45, 2.75) is 134 Å².